The van der Waals surface area contributed by atoms with Gasteiger partial charge in [0.2, 0.25) is 11.7 Å². The van der Waals surface area contributed by atoms with Gasteiger partial charge in [0.15, 0.2) is 0 Å². The molecule has 6 nitrogen and oxygen atoms in total. The van der Waals surface area contributed by atoms with Crippen LogP contribution in [0, 0.1) is 6.92 Å². The molecule has 0 spiro atoms. The molecule has 3 aromatic heterocycles. The van der Waals surface area contributed by atoms with Gasteiger partial charge in [-0.05, 0) is 31.3 Å². The van der Waals surface area contributed by atoms with Crippen molar-refractivity contribution in [3.8, 4) is 10.7 Å². The van der Waals surface area contributed by atoms with Crippen molar-refractivity contribution in [2.24, 2.45) is 0 Å². The predicted octanol–water partition coefficient (Wildman–Crippen LogP) is 3.31. The van der Waals surface area contributed by atoms with Crippen LogP contribution in [-0.4, -0.2) is 57.6 Å². The predicted molar refractivity (Wildman–Crippen MR) is 105 cm³/mol. The summed E-state index contributed by atoms with van der Waals surface area (Å²) in [5.41, 5.74) is 1.21. The minimum atomic E-state index is 0.709. The SMILES string of the molecule is Cc1nc(CN2CCN(CCCc3nc(-c4cccs4)no3)CC2)cs1. The molecule has 0 saturated carbocycles. The van der Waals surface area contributed by atoms with Crippen molar-refractivity contribution in [2.75, 3.05) is 32.7 Å². The molecule has 0 aliphatic carbocycles. The summed E-state index contributed by atoms with van der Waals surface area (Å²) >= 11 is 3.37. The number of aromatic nitrogens is 3. The van der Waals surface area contributed by atoms with Gasteiger partial charge >= 0.3 is 0 Å². The number of piperazine rings is 1. The van der Waals surface area contributed by atoms with E-state index in [1.54, 1.807) is 22.7 Å². The lowest BCUT2D eigenvalue weighted by atomic mass is 10.2. The Balaban J connectivity index is 1.17. The van der Waals surface area contributed by atoms with Crippen molar-refractivity contribution in [1.29, 1.82) is 0 Å². The molecule has 0 amide bonds. The number of nitrogens with zero attached hydrogens (tertiary/aromatic N) is 5. The molecule has 3 aromatic rings. The average molecular weight is 390 g/mol. The number of aryl methyl sites for hydroxylation is 2. The maximum absolute atomic E-state index is 5.38. The molecule has 1 aliphatic heterocycles. The first-order valence-corrected chi connectivity index (χ1v) is 10.7. The van der Waals surface area contributed by atoms with Crippen molar-refractivity contribution in [1.82, 2.24) is 24.9 Å². The molecule has 26 heavy (non-hydrogen) atoms. The van der Waals surface area contributed by atoms with Crippen molar-refractivity contribution < 1.29 is 4.52 Å². The summed E-state index contributed by atoms with van der Waals surface area (Å²) in [5, 5.41) is 9.43. The van der Waals surface area contributed by atoms with E-state index in [1.807, 2.05) is 17.5 Å². The van der Waals surface area contributed by atoms with Gasteiger partial charge in [0, 0.05) is 44.5 Å². The van der Waals surface area contributed by atoms with Gasteiger partial charge in [-0.15, -0.1) is 22.7 Å². The fraction of sp³-hybridized carbons (Fsp3) is 0.500. The quantitative estimate of drug-likeness (QED) is 0.618. The third kappa shape index (κ3) is 4.56. The molecule has 4 rings (SSSR count). The van der Waals surface area contributed by atoms with Crippen molar-refractivity contribution in [3.63, 3.8) is 0 Å². The molecule has 1 saturated heterocycles. The van der Waals surface area contributed by atoms with Crippen LogP contribution in [0.1, 0.15) is 23.0 Å². The van der Waals surface area contributed by atoms with Crippen molar-refractivity contribution in [2.45, 2.75) is 26.3 Å². The number of thiazole rings is 1. The van der Waals surface area contributed by atoms with E-state index in [0.29, 0.717) is 5.82 Å². The van der Waals surface area contributed by atoms with E-state index in [9.17, 15) is 0 Å². The normalized spacial score (nSPS) is 16.3. The average Bonchev–Trinajstić information content (AvgIpc) is 3.38. The molecular formula is C18H23N5OS2. The van der Waals surface area contributed by atoms with E-state index in [0.717, 1.165) is 67.9 Å². The first-order valence-electron chi connectivity index (χ1n) is 8.98. The van der Waals surface area contributed by atoms with E-state index in [-0.39, 0.29) is 0 Å². The summed E-state index contributed by atoms with van der Waals surface area (Å²) in [7, 11) is 0. The second kappa shape index (κ2) is 8.39. The Labute approximate surface area is 161 Å². The smallest absolute Gasteiger partial charge is 0.227 e. The number of hydrogen-bond acceptors (Lipinski definition) is 8. The van der Waals surface area contributed by atoms with Crippen molar-refractivity contribution >= 4 is 22.7 Å². The Morgan fingerprint density at radius 3 is 2.69 bits per heavy atom. The van der Waals surface area contributed by atoms with Crippen LogP contribution in [-0.2, 0) is 13.0 Å². The topological polar surface area (TPSA) is 58.3 Å². The molecule has 0 aromatic carbocycles. The molecule has 0 N–H and O–H groups in total. The highest BCUT2D eigenvalue weighted by atomic mass is 32.1. The second-order valence-corrected chi connectivity index (χ2v) is 8.58. The van der Waals surface area contributed by atoms with Crippen molar-refractivity contribution in [3.05, 3.63) is 39.5 Å². The van der Waals surface area contributed by atoms with Crippen LogP contribution in [0.2, 0.25) is 0 Å². The molecule has 1 aliphatic rings. The Morgan fingerprint density at radius 1 is 1.12 bits per heavy atom. The van der Waals surface area contributed by atoms with Crippen LogP contribution in [0.5, 0.6) is 0 Å². The molecule has 8 heteroatoms. The van der Waals surface area contributed by atoms with Gasteiger partial charge in [-0.25, -0.2) is 4.98 Å². The summed E-state index contributed by atoms with van der Waals surface area (Å²) in [4.78, 5) is 15.1. The largest absolute Gasteiger partial charge is 0.339 e. The lowest BCUT2D eigenvalue weighted by Gasteiger charge is -2.34. The fourth-order valence-electron chi connectivity index (χ4n) is 3.20. The summed E-state index contributed by atoms with van der Waals surface area (Å²) in [6.07, 6.45) is 1.90. The van der Waals surface area contributed by atoms with Crippen LogP contribution in [0.4, 0.5) is 0 Å². The van der Waals surface area contributed by atoms with E-state index >= 15 is 0 Å². The standard InChI is InChI=1S/C18H23N5OS2/c1-14-19-15(13-26-14)12-23-9-7-22(8-10-23)6-2-5-17-20-18(21-24-17)16-4-3-11-25-16/h3-4,11,13H,2,5-10,12H2,1H3. The first-order chi connectivity index (χ1) is 12.8. The molecular weight excluding hydrogens is 366 g/mol. The minimum Gasteiger partial charge on any atom is -0.339 e. The molecule has 4 heterocycles. The molecule has 0 bridgehead atoms. The van der Waals surface area contributed by atoms with Gasteiger partial charge < -0.3 is 9.42 Å². The summed E-state index contributed by atoms with van der Waals surface area (Å²) in [5.74, 6) is 1.45. The van der Waals surface area contributed by atoms with E-state index in [2.05, 4.69) is 37.2 Å². The zero-order valence-corrected chi connectivity index (χ0v) is 16.6. The summed E-state index contributed by atoms with van der Waals surface area (Å²) in [6, 6.07) is 4.02. The third-order valence-electron chi connectivity index (χ3n) is 4.59. The van der Waals surface area contributed by atoms with Gasteiger partial charge in [-0.3, -0.25) is 4.90 Å². The van der Waals surface area contributed by atoms with Crippen LogP contribution < -0.4 is 0 Å². The summed E-state index contributed by atoms with van der Waals surface area (Å²) in [6.45, 7) is 8.59. The molecule has 1 fully saturated rings. The first kappa shape index (κ1) is 17.8. The molecule has 0 unspecified atom stereocenters. The molecule has 0 atom stereocenters. The minimum absolute atomic E-state index is 0.709. The van der Waals surface area contributed by atoms with Gasteiger partial charge in [-0.2, -0.15) is 4.98 Å². The second-order valence-electron chi connectivity index (χ2n) is 6.57. The number of hydrogen-bond donors (Lipinski definition) is 0. The van der Waals surface area contributed by atoms with Crippen LogP contribution in [0.3, 0.4) is 0 Å². The summed E-state index contributed by atoms with van der Waals surface area (Å²) < 4.78 is 5.38. The van der Waals surface area contributed by atoms with Crippen LogP contribution in [0.25, 0.3) is 10.7 Å². The van der Waals surface area contributed by atoms with E-state index in [1.165, 1.54) is 5.69 Å². The molecule has 138 valence electrons. The van der Waals surface area contributed by atoms with Gasteiger partial charge in [0.1, 0.15) is 0 Å². The van der Waals surface area contributed by atoms with Crippen LogP contribution in [0.15, 0.2) is 27.4 Å². The van der Waals surface area contributed by atoms with Gasteiger partial charge in [0.25, 0.3) is 0 Å². The highest BCUT2D eigenvalue weighted by molar-refractivity contribution is 7.13. The van der Waals surface area contributed by atoms with Crippen LogP contribution >= 0.6 is 22.7 Å². The monoisotopic (exact) mass is 389 g/mol. The van der Waals surface area contributed by atoms with Gasteiger partial charge in [0.05, 0.1) is 15.6 Å². The zero-order chi connectivity index (χ0) is 17.8. The Bertz CT molecular complexity index is 805. The Morgan fingerprint density at radius 2 is 1.96 bits per heavy atom. The number of rotatable bonds is 7. The fourth-order valence-corrected chi connectivity index (χ4v) is 4.45. The highest BCUT2D eigenvalue weighted by Crippen LogP contribution is 2.21. The maximum atomic E-state index is 5.38. The maximum Gasteiger partial charge on any atom is 0.227 e. The number of thiophene rings is 1. The van der Waals surface area contributed by atoms with E-state index in [4.69, 9.17) is 4.52 Å². The molecule has 0 radical (unpaired) electrons. The lowest BCUT2D eigenvalue weighted by molar-refractivity contribution is 0.124. The van der Waals surface area contributed by atoms with E-state index < -0.39 is 0 Å². The Hall–Kier alpha value is -1.61. The highest BCUT2D eigenvalue weighted by Gasteiger charge is 2.18. The zero-order valence-electron chi connectivity index (χ0n) is 14.9. The Kier molecular flexibility index (Phi) is 5.74. The third-order valence-corrected chi connectivity index (χ3v) is 6.28. The van der Waals surface area contributed by atoms with Gasteiger partial charge in [-0.1, -0.05) is 11.2 Å². The lowest BCUT2D eigenvalue weighted by Crippen LogP contribution is -2.46.